The van der Waals surface area contributed by atoms with E-state index in [9.17, 15) is 14.0 Å². The van der Waals surface area contributed by atoms with E-state index in [-0.39, 0.29) is 11.7 Å². The molecule has 0 spiro atoms. The van der Waals surface area contributed by atoms with Crippen LogP contribution in [0.4, 0.5) is 10.1 Å². The Kier molecular flexibility index (Phi) is 4.82. The smallest absolute Gasteiger partial charge is 0.337 e. The SMILES string of the molecule is COC(=O)c1ccc2c(c1)CCN2C(=O)c1cnn(-c2ccc(F)cc2)c1-n1cccc1. The lowest BCUT2D eigenvalue weighted by molar-refractivity contribution is 0.0600. The van der Waals surface area contributed by atoms with Gasteiger partial charge in [0.2, 0.25) is 0 Å². The third kappa shape index (κ3) is 3.26. The average molecular weight is 430 g/mol. The van der Waals surface area contributed by atoms with Crippen LogP contribution in [0.1, 0.15) is 26.3 Å². The Bertz CT molecular complexity index is 1310. The predicted octanol–water partition coefficient (Wildman–Crippen LogP) is 3.79. The predicted molar refractivity (Wildman–Crippen MR) is 116 cm³/mol. The Labute approximate surface area is 183 Å². The van der Waals surface area contributed by atoms with Crippen LogP contribution >= 0.6 is 0 Å². The highest BCUT2D eigenvalue weighted by Gasteiger charge is 2.30. The molecule has 0 aliphatic carbocycles. The molecule has 0 N–H and O–H groups in total. The average Bonchev–Trinajstić information content (AvgIpc) is 3.57. The largest absolute Gasteiger partial charge is 0.465 e. The molecule has 8 heteroatoms. The van der Waals surface area contributed by atoms with E-state index in [2.05, 4.69) is 5.10 Å². The number of nitrogens with zero attached hydrogens (tertiary/aromatic N) is 4. The second-order valence-electron chi connectivity index (χ2n) is 7.40. The van der Waals surface area contributed by atoms with Crippen molar-refractivity contribution in [3.05, 3.63) is 95.7 Å². The third-order valence-electron chi connectivity index (χ3n) is 5.54. The van der Waals surface area contributed by atoms with Gasteiger partial charge in [-0.25, -0.2) is 13.9 Å². The number of amides is 1. The van der Waals surface area contributed by atoms with Crippen LogP contribution in [0, 0.1) is 5.82 Å². The number of ether oxygens (including phenoxy) is 1. The van der Waals surface area contributed by atoms with E-state index in [1.54, 1.807) is 44.5 Å². The number of fused-ring (bicyclic) bond motifs is 1. The topological polar surface area (TPSA) is 69.4 Å². The van der Waals surface area contributed by atoms with Crippen LogP contribution < -0.4 is 4.90 Å². The molecule has 32 heavy (non-hydrogen) atoms. The van der Waals surface area contributed by atoms with E-state index in [0.717, 1.165) is 11.3 Å². The molecule has 0 radical (unpaired) electrons. The van der Waals surface area contributed by atoms with E-state index in [0.29, 0.717) is 35.6 Å². The summed E-state index contributed by atoms with van der Waals surface area (Å²) in [6.07, 6.45) is 5.82. The molecule has 2 aromatic heterocycles. The van der Waals surface area contributed by atoms with Crippen molar-refractivity contribution >= 4 is 17.6 Å². The first-order valence-electron chi connectivity index (χ1n) is 10.1. The second-order valence-corrected chi connectivity index (χ2v) is 7.40. The van der Waals surface area contributed by atoms with Crippen LogP contribution in [0.3, 0.4) is 0 Å². The van der Waals surface area contributed by atoms with Crippen LogP contribution in [0.2, 0.25) is 0 Å². The standard InChI is InChI=1S/C24H19FN4O3/c1-32-24(31)17-4-9-21-16(14-17)10-13-28(21)23(30)20-15-26-29(19-7-5-18(25)6-8-19)22(20)27-11-2-3-12-27/h2-9,11-12,14-15H,10,13H2,1H3. The Morgan fingerprint density at radius 2 is 1.81 bits per heavy atom. The second kappa shape index (κ2) is 7.81. The highest BCUT2D eigenvalue weighted by atomic mass is 19.1. The maximum Gasteiger partial charge on any atom is 0.337 e. The summed E-state index contributed by atoms with van der Waals surface area (Å²) in [5.41, 5.74) is 3.18. The quantitative estimate of drug-likeness (QED) is 0.462. The van der Waals surface area contributed by atoms with E-state index < -0.39 is 5.97 Å². The fraction of sp³-hybridized carbons (Fsp3) is 0.125. The maximum absolute atomic E-state index is 13.6. The number of benzene rings is 2. The van der Waals surface area contributed by atoms with Gasteiger partial charge in [0.25, 0.3) is 5.91 Å². The first-order chi connectivity index (χ1) is 15.6. The van der Waals surface area contributed by atoms with Gasteiger partial charge in [-0.1, -0.05) is 0 Å². The van der Waals surface area contributed by atoms with Crippen LogP contribution in [0.15, 0.2) is 73.2 Å². The molecule has 5 rings (SSSR count). The van der Waals surface area contributed by atoms with E-state index in [1.165, 1.54) is 25.4 Å². The van der Waals surface area contributed by atoms with Gasteiger partial charge in [0, 0.05) is 24.6 Å². The van der Waals surface area contributed by atoms with Gasteiger partial charge in [0.15, 0.2) is 5.82 Å². The van der Waals surface area contributed by atoms with Crippen molar-refractivity contribution in [2.45, 2.75) is 6.42 Å². The molecular weight excluding hydrogens is 411 g/mol. The summed E-state index contributed by atoms with van der Waals surface area (Å²) < 4.78 is 21.6. The summed E-state index contributed by atoms with van der Waals surface area (Å²) in [4.78, 5) is 27.1. The molecule has 4 aromatic rings. The molecule has 0 bridgehead atoms. The molecule has 0 atom stereocenters. The summed E-state index contributed by atoms with van der Waals surface area (Å²) in [5, 5.41) is 4.43. The molecule has 0 unspecified atom stereocenters. The number of hydrogen-bond acceptors (Lipinski definition) is 4. The number of methoxy groups -OCH3 is 1. The van der Waals surface area contributed by atoms with Crippen LogP contribution in [-0.4, -0.2) is 39.9 Å². The maximum atomic E-state index is 13.6. The number of carbonyl (C=O) groups excluding carboxylic acids is 2. The van der Waals surface area contributed by atoms with Crippen molar-refractivity contribution in [3.63, 3.8) is 0 Å². The fourth-order valence-electron chi connectivity index (χ4n) is 3.99. The van der Waals surface area contributed by atoms with Crippen molar-refractivity contribution in [1.82, 2.24) is 14.3 Å². The highest BCUT2D eigenvalue weighted by molar-refractivity contribution is 6.09. The highest BCUT2D eigenvalue weighted by Crippen LogP contribution is 2.32. The summed E-state index contributed by atoms with van der Waals surface area (Å²) in [6, 6.07) is 14.8. The van der Waals surface area contributed by atoms with Crippen LogP contribution in [0.5, 0.6) is 0 Å². The molecule has 160 valence electrons. The van der Waals surface area contributed by atoms with E-state index >= 15 is 0 Å². The van der Waals surface area contributed by atoms with Gasteiger partial charge < -0.3 is 14.2 Å². The number of rotatable bonds is 4. The van der Waals surface area contributed by atoms with Gasteiger partial charge >= 0.3 is 5.97 Å². The number of hydrogen-bond donors (Lipinski definition) is 0. The minimum Gasteiger partial charge on any atom is -0.465 e. The zero-order valence-corrected chi connectivity index (χ0v) is 17.2. The van der Waals surface area contributed by atoms with Crippen molar-refractivity contribution < 1.29 is 18.7 Å². The Morgan fingerprint density at radius 1 is 1.06 bits per heavy atom. The Hall–Kier alpha value is -4.20. The van der Waals surface area contributed by atoms with Gasteiger partial charge in [0.05, 0.1) is 24.6 Å². The third-order valence-corrected chi connectivity index (χ3v) is 5.54. The van der Waals surface area contributed by atoms with Gasteiger partial charge in [-0.3, -0.25) is 4.79 Å². The van der Waals surface area contributed by atoms with Gasteiger partial charge in [0.1, 0.15) is 11.4 Å². The normalized spacial score (nSPS) is 12.6. The van der Waals surface area contributed by atoms with Crippen molar-refractivity contribution in [2.75, 3.05) is 18.6 Å². The van der Waals surface area contributed by atoms with Gasteiger partial charge in [-0.2, -0.15) is 5.10 Å². The lowest BCUT2D eigenvalue weighted by Crippen LogP contribution is -2.29. The van der Waals surface area contributed by atoms with Crippen LogP contribution in [0.25, 0.3) is 11.5 Å². The number of aromatic nitrogens is 3. The lowest BCUT2D eigenvalue weighted by atomic mass is 10.1. The Morgan fingerprint density at radius 3 is 2.53 bits per heavy atom. The summed E-state index contributed by atoms with van der Waals surface area (Å²) in [5.74, 6) is -0.398. The summed E-state index contributed by atoms with van der Waals surface area (Å²) >= 11 is 0. The molecule has 0 saturated heterocycles. The van der Waals surface area contributed by atoms with Gasteiger partial charge in [-0.15, -0.1) is 0 Å². The zero-order chi connectivity index (χ0) is 22.2. The molecule has 2 aromatic carbocycles. The van der Waals surface area contributed by atoms with Gasteiger partial charge in [-0.05, 0) is 66.6 Å². The zero-order valence-electron chi connectivity index (χ0n) is 17.2. The number of halogens is 1. The minimum atomic E-state index is -0.409. The minimum absolute atomic E-state index is 0.202. The van der Waals surface area contributed by atoms with E-state index in [1.807, 2.05) is 24.5 Å². The molecule has 7 nitrogen and oxygen atoms in total. The van der Waals surface area contributed by atoms with E-state index in [4.69, 9.17) is 4.74 Å². The molecule has 1 aliphatic rings. The lowest BCUT2D eigenvalue weighted by Gasteiger charge is -2.18. The number of carbonyl (C=O) groups is 2. The molecule has 0 fully saturated rings. The molecule has 3 heterocycles. The molecular formula is C24H19FN4O3. The van der Waals surface area contributed by atoms with Crippen LogP contribution in [-0.2, 0) is 11.2 Å². The van der Waals surface area contributed by atoms with Crippen molar-refractivity contribution in [1.29, 1.82) is 0 Å². The first kappa shape index (κ1) is 19.7. The molecule has 1 amide bonds. The molecule has 0 saturated carbocycles. The summed E-state index contributed by atoms with van der Waals surface area (Å²) in [6.45, 7) is 0.492. The Balaban J connectivity index is 1.56. The number of anilines is 1. The fourth-order valence-corrected chi connectivity index (χ4v) is 3.99. The monoisotopic (exact) mass is 430 g/mol. The number of esters is 1. The summed E-state index contributed by atoms with van der Waals surface area (Å²) in [7, 11) is 1.34. The first-order valence-corrected chi connectivity index (χ1v) is 10.1. The van der Waals surface area contributed by atoms with Crippen molar-refractivity contribution in [2.24, 2.45) is 0 Å². The van der Waals surface area contributed by atoms with Crippen molar-refractivity contribution in [3.8, 4) is 11.5 Å². The molecule has 1 aliphatic heterocycles.